The zero-order chi connectivity index (χ0) is 16.2. The Morgan fingerprint density at radius 2 is 1.91 bits per heavy atom. The summed E-state index contributed by atoms with van der Waals surface area (Å²) in [7, 11) is 0. The zero-order valence-corrected chi connectivity index (χ0v) is 13.4. The molecule has 0 bridgehead atoms. The number of aliphatic hydroxyl groups excluding tert-OH is 1. The molecule has 0 aliphatic rings. The first-order valence-electron chi connectivity index (χ1n) is 7.69. The van der Waals surface area contributed by atoms with Crippen molar-refractivity contribution >= 4 is 0 Å². The van der Waals surface area contributed by atoms with Crippen molar-refractivity contribution < 1.29 is 9.52 Å². The first kappa shape index (κ1) is 15.5. The van der Waals surface area contributed by atoms with E-state index >= 15 is 0 Å². The molecule has 2 heterocycles. The number of aryl methyl sites for hydroxylation is 1. The Hall–Kier alpha value is -2.37. The molecule has 0 aliphatic heterocycles. The van der Waals surface area contributed by atoms with Crippen LogP contribution in [-0.2, 0) is 13.2 Å². The quantitative estimate of drug-likeness (QED) is 0.734. The molecule has 0 aliphatic carbocycles. The highest BCUT2D eigenvalue weighted by atomic mass is 16.4. The molecular weight excluding hydrogens is 290 g/mol. The predicted molar refractivity (Wildman–Crippen MR) is 88.2 cm³/mol. The van der Waals surface area contributed by atoms with E-state index in [0.29, 0.717) is 12.3 Å². The minimum Gasteiger partial charge on any atom is -0.462 e. The van der Waals surface area contributed by atoms with Crippen LogP contribution in [0.15, 0.2) is 53.2 Å². The van der Waals surface area contributed by atoms with E-state index in [1.54, 1.807) is 12.3 Å². The van der Waals surface area contributed by atoms with Crippen molar-refractivity contribution in [1.29, 1.82) is 0 Å². The second-order valence-electron chi connectivity index (χ2n) is 5.56. The van der Waals surface area contributed by atoms with Gasteiger partial charge < -0.3 is 19.4 Å². The molecule has 5 nitrogen and oxygen atoms in total. The van der Waals surface area contributed by atoms with Gasteiger partial charge in [-0.25, -0.2) is 4.98 Å². The van der Waals surface area contributed by atoms with E-state index < -0.39 is 0 Å². The van der Waals surface area contributed by atoms with Crippen LogP contribution in [-0.4, -0.2) is 14.7 Å². The van der Waals surface area contributed by atoms with E-state index in [-0.39, 0.29) is 12.6 Å². The molecule has 3 aromatic rings. The van der Waals surface area contributed by atoms with Gasteiger partial charge in [-0.15, -0.1) is 0 Å². The largest absolute Gasteiger partial charge is 0.462 e. The van der Waals surface area contributed by atoms with Gasteiger partial charge in [0.05, 0.1) is 6.54 Å². The Bertz CT molecular complexity index is 759. The summed E-state index contributed by atoms with van der Waals surface area (Å²) in [5, 5.41) is 12.4. The van der Waals surface area contributed by atoms with Crippen LogP contribution in [0.4, 0.5) is 0 Å². The molecule has 0 radical (unpaired) electrons. The highest BCUT2D eigenvalue weighted by Crippen LogP contribution is 2.17. The monoisotopic (exact) mass is 311 g/mol. The maximum atomic E-state index is 9.01. The average molecular weight is 311 g/mol. The van der Waals surface area contributed by atoms with Crippen molar-refractivity contribution in [3.05, 3.63) is 71.7 Å². The molecule has 3 rings (SSSR count). The second-order valence-corrected chi connectivity index (χ2v) is 5.56. The third-order valence-electron chi connectivity index (χ3n) is 3.95. The van der Waals surface area contributed by atoms with Crippen LogP contribution < -0.4 is 5.32 Å². The molecule has 2 aromatic heterocycles. The van der Waals surface area contributed by atoms with Crippen LogP contribution in [0.5, 0.6) is 0 Å². The third-order valence-corrected chi connectivity index (χ3v) is 3.95. The molecule has 2 N–H and O–H groups in total. The lowest BCUT2D eigenvalue weighted by Gasteiger charge is -2.14. The Labute approximate surface area is 135 Å². The minimum atomic E-state index is -0.0648. The van der Waals surface area contributed by atoms with E-state index in [2.05, 4.69) is 46.1 Å². The number of hydrogen-bond donors (Lipinski definition) is 2. The number of hydrogen-bond acceptors (Lipinski definition) is 4. The Kier molecular flexibility index (Phi) is 4.60. The summed E-state index contributed by atoms with van der Waals surface area (Å²) in [5.41, 5.74) is 2.31. The number of nitrogens with one attached hydrogen (secondary N) is 1. The van der Waals surface area contributed by atoms with Gasteiger partial charge in [0.25, 0.3) is 0 Å². The molecule has 23 heavy (non-hydrogen) atoms. The van der Waals surface area contributed by atoms with Crippen molar-refractivity contribution in [3.63, 3.8) is 0 Å². The van der Waals surface area contributed by atoms with Crippen molar-refractivity contribution in [1.82, 2.24) is 14.9 Å². The van der Waals surface area contributed by atoms with E-state index in [0.717, 1.165) is 17.3 Å². The fourth-order valence-corrected chi connectivity index (χ4v) is 2.55. The summed E-state index contributed by atoms with van der Waals surface area (Å²) in [6.07, 6.45) is 3.76. The molecule has 120 valence electrons. The van der Waals surface area contributed by atoms with E-state index in [4.69, 9.17) is 9.52 Å². The molecule has 0 unspecified atom stereocenters. The number of aromatic nitrogens is 2. The number of imidazole rings is 1. The van der Waals surface area contributed by atoms with Crippen molar-refractivity contribution in [2.75, 3.05) is 0 Å². The van der Waals surface area contributed by atoms with Crippen LogP contribution in [0, 0.1) is 6.92 Å². The molecular formula is C18H21N3O2. The van der Waals surface area contributed by atoms with Gasteiger partial charge in [-0.05, 0) is 43.7 Å². The minimum absolute atomic E-state index is 0.0648. The average Bonchev–Trinajstić information content (AvgIpc) is 3.21. The van der Waals surface area contributed by atoms with Gasteiger partial charge in [-0.3, -0.25) is 0 Å². The van der Waals surface area contributed by atoms with Crippen LogP contribution in [0.25, 0.3) is 5.69 Å². The van der Waals surface area contributed by atoms with Crippen LogP contribution in [0.1, 0.15) is 35.9 Å². The number of aliphatic hydroxyl groups is 1. The SMILES string of the molecule is Cc1nccn1-c1ccc([C@H](C)NCc2ccc(CO)o2)cc1. The van der Waals surface area contributed by atoms with Gasteiger partial charge in [0.2, 0.25) is 0 Å². The fraction of sp³-hybridized carbons (Fsp3) is 0.278. The van der Waals surface area contributed by atoms with E-state index in [9.17, 15) is 0 Å². The van der Waals surface area contributed by atoms with Crippen molar-refractivity contribution in [3.8, 4) is 5.69 Å². The summed E-state index contributed by atoms with van der Waals surface area (Å²) >= 11 is 0. The van der Waals surface area contributed by atoms with Gasteiger partial charge >= 0.3 is 0 Å². The summed E-state index contributed by atoms with van der Waals surface area (Å²) < 4.78 is 7.53. The molecule has 0 fully saturated rings. The maximum Gasteiger partial charge on any atom is 0.129 e. The summed E-state index contributed by atoms with van der Waals surface area (Å²) in [4.78, 5) is 4.24. The number of rotatable bonds is 6. The molecule has 1 atom stereocenters. The Morgan fingerprint density at radius 3 is 2.52 bits per heavy atom. The van der Waals surface area contributed by atoms with Crippen molar-refractivity contribution in [2.24, 2.45) is 0 Å². The molecule has 0 saturated carbocycles. The number of furan rings is 1. The van der Waals surface area contributed by atoms with Crippen LogP contribution in [0.3, 0.4) is 0 Å². The van der Waals surface area contributed by atoms with Crippen molar-refractivity contribution in [2.45, 2.75) is 33.0 Å². The van der Waals surface area contributed by atoms with Gasteiger partial charge in [-0.1, -0.05) is 12.1 Å². The highest BCUT2D eigenvalue weighted by molar-refractivity contribution is 5.36. The van der Waals surface area contributed by atoms with Crippen LogP contribution >= 0.6 is 0 Å². The lowest BCUT2D eigenvalue weighted by Crippen LogP contribution is -2.17. The first-order chi connectivity index (χ1) is 11.2. The second kappa shape index (κ2) is 6.81. The summed E-state index contributed by atoms with van der Waals surface area (Å²) in [6.45, 7) is 4.67. The van der Waals surface area contributed by atoms with Gasteiger partial charge in [0.1, 0.15) is 24.0 Å². The Balaban J connectivity index is 1.63. The van der Waals surface area contributed by atoms with Gasteiger partial charge in [-0.2, -0.15) is 0 Å². The maximum absolute atomic E-state index is 9.01. The lowest BCUT2D eigenvalue weighted by atomic mass is 10.1. The summed E-state index contributed by atoms with van der Waals surface area (Å²) in [5.74, 6) is 2.39. The number of nitrogens with zero attached hydrogens (tertiary/aromatic N) is 2. The van der Waals surface area contributed by atoms with Crippen LogP contribution in [0.2, 0.25) is 0 Å². The van der Waals surface area contributed by atoms with Gasteiger partial charge in [0, 0.05) is 24.1 Å². The van der Waals surface area contributed by atoms with E-state index in [1.165, 1.54) is 5.56 Å². The first-order valence-corrected chi connectivity index (χ1v) is 7.69. The molecule has 0 saturated heterocycles. The zero-order valence-electron chi connectivity index (χ0n) is 13.4. The normalized spacial score (nSPS) is 12.5. The lowest BCUT2D eigenvalue weighted by molar-refractivity contribution is 0.242. The molecule has 1 aromatic carbocycles. The molecule has 5 heteroatoms. The predicted octanol–water partition coefficient (Wildman–Crippen LogP) is 3.12. The van der Waals surface area contributed by atoms with Gasteiger partial charge in [0.15, 0.2) is 0 Å². The summed E-state index contributed by atoms with van der Waals surface area (Å²) in [6, 6.07) is 12.3. The third kappa shape index (κ3) is 3.52. The number of benzene rings is 1. The Morgan fingerprint density at radius 1 is 1.17 bits per heavy atom. The highest BCUT2D eigenvalue weighted by Gasteiger charge is 2.08. The molecule has 0 spiro atoms. The fourth-order valence-electron chi connectivity index (χ4n) is 2.55. The standard InChI is InChI=1S/C18H21N3O2/c1-13(20-11-17-7-8-18(12-22)23-17)15-3-5-16(6-4-15)21-10-9-19-14(21)2/h3-10,13,20,22H,11-12H2,1-2H3/t13-/m0/s1. The smallest absolute Gasteiger partial charge is 0.129 e. The molecule has 0 amide bonds. The van der Waals surface area contributed by atoms with E-state index in [1.807, 2.05) is 19.2 Å². The topological polar surface area (TPSA) is 63.2 Å².